The number of aromatic nitrogens is 1. The molecule has 3 atom stereocenters. The molecule has 40 heavy (non-hydrogen) atoms. The number of hydrogen-bond donors (Lipinski definition) is 1. The number of rotatable bonds is 10. The Hall–Kier alpha value is -2.28. The molecule has 5 nitrogen and oxygen atoms in total. The van der Waals surface area contributed by atoms with Crippen LogP contribution in [0.3, 0.4) is 0 Å². The van der Waals surface area contributed by atoms with Crippen LogP contribution in [0.1, 0.15) is 74.3 Å². The van der Waals surface area contributed by atoms with Crippen LogP contribution in [0.5, 0.6) is 0 Å². The highest BCUT2D eigenvalue weighted by Gasteiger charge is 2.43. The molecule has 6 heteroatoms. The minimum Gasteiger partial charge on any atom is -0.480 e. The molecule has 214 valence electrons. The van der Waals surface area contributed by atoms with Gasteiger partial charge < -0.3 is 10.0 Å². The Kier molecular flexibility index (Phi) is 9.15. The minimum atomic E-state index is -0.606. The molecule has 1 aromatic heterocycles. The van der Waals surface area contributed by atoms with E-state index in [1.54, 1.807) is 0 Å². The van der Waals surface area contributed by atoms with E-state index in [0.717, 1.165) is 50.3 Å². The van der Waals surface area contributed by atoms with Gasteiger partial charge in [0.05, 0.1) is 15.2 Å². The first-order valence-electron chi connectivity index (χ1n) is 15.7. The number of carboxylic acids is 1. The van der Waals surface area contributed by atoms with Gasteiger partial charge in [-0.05, 0) is 93.5 Å². The molecule has 1 N–H and O–H groups in total. The summed E-state index contributed by atoms with van der Waals surface area (Å²) in [6.45, 7) is 5.23. The van der Waals surface area contributed by atoms with Crippen LogP contribution >= 0.6 is 11.3 Å². The molecule has 2 aromatic carbocycles. The molecule has 3 aliphatic rings. The summed E-state index contributed by atoms with van der Waals surface area (Å²) in [5, 5.41) is 11.6. The first-order valence-corrected chi connectivity index (χ1v) is 16.5. The van der Waals surface area contributed by atoms with E-state index >= 15 is 0 Å². The smallest absolute Gasteiger partial charge is 0.321 e. The van der Waals surface area contributed by atoms with Gasteiger partial charge in [-0.3, -0.25) is 9.69 Å². The normalized spacial score (nSPS) is 24.5. The second-order valence-electron chi connectivity index (χ2n) is 12.6. The number of fused-ring (bicyclic) bond motifs is 1. The Balaban J connectivity index is 1.03. The van der Waals surface area contributed by atoms with Crippen LogP contribution in [-0.2, 0) is 11.2 Å². The second-order valence-corrected chi connectivity index (χ2v) is 13.7. The van der Waals surface area contributed by atoms with Crippen LogP contribution in [-0.4, -0.2) is 64.6 Å². The fourth-order valence-corrected chi connectivity index (χ4v) is 8.87. The lowest BCUT2D eigenvalue weighted by molar-refractivity contribution is -0.145. The zero-order valence-electron chi connectivity index (χ0n) is 23.8. The summed E-state index contributed by atoms with van der Waals surface area (Å²) in [6, 6.07) is 19.0. The van der Waals surface area contributed by atoms with Crippen molar-refractivity contribution in [3.63, 3.8) is 0 Å². The lowest BCUT2D eigenvalue weighted by Gasteiger charge is -2.35. The average molecular weight is 560 g/mol. The molecule has 3 aromatic rings. The highest BCUT2D eigenvalue weighted by Crippen LogP contribution is 2.39. The van der Waals surface area contributed by atoms with Gasteiger partial charge in [0, 0.05) is 25.6 Å². The predicted octanol–water partition coefficient (Wildman–Crippen LogP) is 7.08. The Morgan fingerprint density at radius 3 is 2.45 bits per heavy atom. The molecule has 2 saturated heterocycles. The average Bonchev–Trinajstić information content (AvgIpc) is 3.59. The summed E-state index contributed by atoms with van der Waals surface area (Å²) in [6.07, 6.45) is 12.0. The maximum absolute atomic E-state index is 12.5. The number of aliphatic carboxylic acids is 1. The predicted molar refractivity (Wildman–Crippen MR) is 164 cm³/mol. The Bertz CT molecular complexity index is 1200. The number of hydrogen-bond acceptors (Lipinski definition) is 5. The molecule has 6 rings (SSSR count). The molecule has 0 radical (unpaired) electrons. The van der Waals surface area contributed by atoms with Gasteiger partial charge in [0.25, 0.3) is 0 Å². The van der Waals surface area contributed by atoms with Crippen LogP contribution in [0.25, 0.3) is 10.2 Å². The summed E-state index contributed by atoms with van der Waals surface area (Å²) in [4.78, 5) is 22.4. The molecule has 1 saturated carbocycles. The van der Waals surface area contributed by atoms with Crippen LogP contribution in [0.4, 0.5) is 0 Å². The summed E-state index contributed by atoms with van der Waals surface area (Å²) >= 11 is 1.85. The van der Waals surface area contributed by atoms with Crippen molar-refractivity contribution in [1.82, 2.24) is 14.8 Å². The summed E-state index contributed by atoms with van der Waals surface area (Å²) in [5.74, 6) is 1.42. The Labute approximate surface area is 243 Å². The molecule has 3 fully saturated rings. The maximum atomic E-state index is 12.5. The van der Waals surface area contributed by atoms with E-state index in [-0.39, 0.29) is 6.04 Å². The van der Waals surface area contributed by atoms with Crippen molar-refractivity contribution in [2.75, 3.05) is 32.7 Å². The summed E-state index contributed by atoms with van der Waals surface area (Å²) in [7, 11) is 0. The van der Waals surface area contributed by atoms with Gasteiger partial charge in [-0.1, -0.05) is 61.7 Å². The van der Waals surface area contributed by atoms with Crippen LogP contribution in [0, 0.1) is 17.8 Å². The number of likely N-dealkylation sites (tertiary alicyclic amines) is 2. The molecule has 0 amide bonds. The summed E-state index contributed by atoms with van der Waals surface area (Å²) in [5.41, 5.74) is 2.52. The Morgan fingerprint density at radius 1 is 0.950 bits per heavy atom. The molecular weight excluding hydrogens is 514 g/mol. The van der Waals surface area contributed by atoms with E-state index in [1.165, 1.54) is 73.3 Å². The van der Waals surface area contributed by atoms with Gasteiger partial charge >= 0.3 is 5.97 Å². The number of piperidine rings is 1. The van der Waals surface area contributed by atoms with Gasteiger partial charge in [0.15, 0.2) is 0 Å². The molecular formula is C34H45N3O2S. The molecule has 0 unspecified atom stereocenters. The first-order chi connectivity index (χ1) is 19.6. The zero-order chi connectivity index (χ0) is 27.3. The van der Waals surface area contributed by atoms with Crippen LogP contribution in [0.2, 0.25) is 0 Å². The van der Waals surface area contributed by atoms with E-state index in [2.05, 4.69) is 64.4 Å². The fraction of sp³-hybridized carbons (Fsp3) is 0.588. The minimum absolute atomic E-state index is 0.305. The topological polar surface area (TPSA) is 56.7 Å². The van der Waals surface area contributed by atoms with Crippen LogP contribution < -0.4 is 0 Å². The first kappa shape index (κ1) is 27.9. The third kappa shape index (κ3) is 6.61. The quantitative estimate of drug-likeness (QED) is 0.288. The van der Waals surface area contributed by atoms with E-state index in [0.29, 0.717) is 17.8 Å². The van der Waals surface area contributed by atoms with E-state index in [9.17, 15) is 9.90 Å². The summed E-state index contributed by atoms with van der Waals surface area (Å²) < 4.78 is 1.30. The van der Waals surface area contributed by atoms with Crippen molar-refractivity contribution in [2.24, 2.45) is 17.8 Å². The lowest BCUT2D eigenvalue weighted by Crippen LogP contribution is -2.46. The molecule has 2 aliphatic heterocycles. The largest absolute Gasteiger partial charge is 0.480 e. The molecule has 0 spiro atoms. The van der Waals surface area contributed by atoms with E-state index in [1.807, 2.05) is 11.3 Å². The van der Waals surface area contributed by atoms with Gasteiger partial charge in [0.1, 0.15) is 6.04 Å². The second kappa shape index (κ2) is 13.1. The number of para-hydroxylation sites is 1. The highest BCUT2D eigenvalue weighted by molar-refractivity contribution is 7.18. The van der Waals surface area contributed by atoms with E-state index in [4.69, 9.17) is 4.98 Å². The number of benzene rings is 2. The van der Waals surface area contributed by atoms with Gasteiger partial charge in [-0.25, -0.2) is 4.98 Å². The third-order valence-corrected chi connectivity index (χ3v) is 11.1. The van der Waals surface area contributed by atoms with E-state index < -0.39 is 5.97 Å². The number of carboxylic acid groups (broad SMARTS) is 1. The van der Waals surface area contributed by atoms with Gasteiger partial charge in [-0.2, -0.15) is 0 Å². The lowest BCUT2D eigenvalue weighted by atomic mass is 9.83. The van der Waals surface area contributed by atoms with Crippen molar-refractivity contribution in [3.05, 3.63) is 65.2 Å². The molecule has 3 heterocycles. The number of nitrogens with zero attached hydrogens (tertiary/aromatic N) is 3. The standard InChI is InChI=1S/C34H45N3O2S/c38-34(39)33(27-13-5-2-6-14-27)37-23-28(29(24-37)26-11-3-1-4-12-26)22-36-20-18-25(19-21-36)10-9-17-32-35-30-15-7-8-16-31(30)40-32/h1,3-4,7-8,11-12,15-16,25,27-29,33H,2,5-6,9-10,13-14,17-24H2,(H,38,39)/t28-,29+,33+/m0/s1. The zero-order valence-corrected chi connectivity index (χ0v) is 24.6. The van der Waals surface area contributed by atoms with Gasteiger partial charge in [0.2, 0.25) is 0 Å². The highest BCUT2D eigenvalue weighted by atomic mass is 32.1. The number of aryl methyl sites for hydroxylation is 1. The Morgan fingerprint density at radius 2 is 1.70 bits per heavy atom. The number of carbonyl (C=O) groups is 1. The van der Waals surface area contributed by atoms with Crippen molar-refractivity contribution in [2.45, 2.75) is 76.2 Å². The van der Waals surface area contributed by atoms with Crippen molar-refractivity contribution < 1.29 is 9.90 Å². The van der Waals surface area contributed by atoms with Crippen molar-refractivity contribution in [1.29, 1.82) is 0 Å². The number of thiazole rings is 1. The third-order valence-electron chi connectivity index (χ3n) is 9.98. The molecule has 1 aliphatic carbocycles. The molecule has 0 bridgehead atoms. The van der Waals surface area contributed by atoms with Gasteiger partial charge in [-0.15, -0.1) is 11.3 Å². The van der Waals surface area contributed by atoms with Crippen molar-refractivity contribution >= 4 is 27.5 Å². The SMILES string of the molecule is O=C(O)[C@@H](C1CCCCC1)N1C[C@H](CN2CCC(CCCc3nc4ccccc4s3)CC2)[C@@H](c2ccccc2)C1. The van der Waals surface area contributed by atoms with Crippen LogP contribution in [0.15, 0.2) is 54.6 Å². The monoisotopic (exact) mass is 559 g/mol. The maximum Gasteiger partial charge on any atom is 0.321 e. The van der Waals surface area contributed by atoms with Crippen molar-refractivity contribution in [3.8, 4) is 0 Å². The fourth-order valence-electron chi connectivity index (χ4n) is 7.86.